The van der Waals surface area contributed by atoms with Crippen LogP contribution >= 0.6 is 0 Å². The predicted molar refractivity (Wildman–Crippen MR) is 228 cm³/mol. The standard InChI is InChI=1S/C52H45NO/c1-51(2,3)40-19-22-47-45(30-40)46-31-41(52(4,5)6)20-23-48(46)53(47)42-21-18-34-25-37-27-36-26-35(17-16-33(36)24-38(37)28-39(34)29-42)50-44-15-11-10-14-43(44)49(54-50)32-12-8-7-9-13-32/h7-23,25-26,28-31H,24,27H2,1-6H3. The highest BCUT2D eigenvalue weighted by atomic mass is 16.3. The lowest BCUT2D eigenvalue weighted by Crippen LogP contribution is -2.10. The van der Waals surface area contributed by atoms with Crippen molar-refractivity contribution in [3.05, 3.63) is 173 Å². The third-order valence-corrected chi connectivity index (χ3v) is 11.8. The minimum atomic E-state index is 0.0749. The van der Waals surface area contributed by atoms with Crippen LogP contribution in [-0.2, 0) is 23.7 Å². The third-order valence-electron chi connectivity index (χ3n) is 11.8. The van der Waals surface area contributed by atoms with Gasteiger partial charge in [0.1, 0.15) is 11.5 Å². The maximum absolute atomic E-state index is 6.69. The minimum absolute atomic E-state index is 0.0749. The van der Waals surface area contributed by atoms with Gasteiger partial charge in [-0.25, -0.2) is 0 Å². The van der Waals surface area contributed by atoms with Gasteiger partial charge in [-0.2, -0.15) is 0 Å². The topological polar surface area (TPSA) is 18.1 Å². The van der Waals surface area contributed by atoms with Crippen LogP contribution in [0.2, 0.25) is 0 Å². The van der Waals surface area contributed by atoms with Gasteiger partial charge in [0.2, 0.25) is 0 Å². The molecule has 9 aromatic rings. The smallest absolute Gasteiger partial charge is 0.142 e. The number of rotatable bonds is 3. The van der Waals surface area contributed by atoms with Crippen LogP contribution in [0.5, 0.6) is 0 Å². The minimum Gasteiger partial charge on any atom is -0.455 e. The Kier molecular flexibility index (Phi) is 7.17. The molecule has 2 heterocycles. The van der Waals surface area contributed by atoms with Crippen molar-refractivity contribution in [3.8, 4) is 28.3 Å². The summed E-state index contributed by atoms with van der Waals surface area (Å²) in [5.74, 6) is 1.87. The zero-order chi connectivity index (χ0) is 36.9. The van der Waals surface area contributed by atoms with Crippen molar-refractivity contribution in [2.75, 3.05) is 0 Å². The van der Waals surface area contributed by atoms with Gasteiger partial charge in [-0.05, 0) is 110 Å². The molecule has 0 unspecified atom stereocenters. The average Bonchev–Trinajstić information content (AvgIpc) is 3.71. The zero-order valence-electron chi connectivity index (χ0n) is 32.0. The van der Waals surface area contributed by atoms with Crippen LogP contribution < -0.4 is 0 Å². The molecule has 0 radical (unpaired) electrons. The number of hydrogen-bond donors (Lipinski definition) is 0. The first-order chi connectivity index (χ1) is 26.0. The first-order valence-corrected chi connectivity index (χ1v) is 19.3. The molecule has 1 aliphatic carbocycles. The van der Waals surface area contributed by atoms with Crippen LogP contribution in [0.3, 0.4) is 0 Å². The van der Waals surface area contributed by atoms with Gasteiger partial charge in [0.25, 0.3) is 0 Å². The Labute approximate surface area is 317 Å². The van der Waals surface area contributed by atoms with Crippen LogP contribution in [0.15, 0.2) is 144 Å². The average molecular weight is 700 g/mol. The number of benzene rings is 7. The molecule has 54 heavy (non-hydrogen) atoms. The number of hydrogen-bond acceptors (Lipinski definition) is 1. The van der Waals surface area contributed by atoms with Gasteiger partial charge in [0.15, 0.2) is 0 Å². The molecule has 0 aliphatic heterocycles. The van der Waals surface area contributed by atoms with Crippen LogP contribution in [0.1, 0.15) is 74.9 Å². The summed E-state index contributed by atoms with van der Waals surface area (Å²) in [7, 11) is 0. The molecule has 7 aromatic carbocycles. The van der Waals surface area contributed by atoms with E-state index in [-0.39, 0.29) is 10.8 Å². The van der Waals surface area contributed by atoms with E-state index in [1.807, 2.05) is 0 Å². The Balaban J connectivity index is 1.04. The van der Waals surface area contributed by atoms with Crippen molar-refractivity contribution in [1.29, 1.82) is 0 Å². The predicted octanol–water partition coefficient (Wildman–Crippen LogP) is 14.1. The second kappa shape index (κ2) is 11.8. The Morgan fingerprint density at radius 3 is 1.61 bits per heavy atom. The van der Waals surface area contributed by atoms with E-state index < -0.39 is 0 Å². The zero-order valence-corrected chi connectivity index (χ0v) is 32.0. The molecule has 264 valence electrons. The van der Waals surface area contributed by atoms with Crippen molar-refractivity contribution in [2.45, 2.75) is 65.2 Å². The normalized spacial score (nSPS) is 13.2. The van der Waals surface area contributed by atoms with Gasteiger partial charge in [-0.15, -0.1) is 0 Å². The number of furan rings is 1. The summed E-state index contributed by atoms with van der Waals surface area (Å²) >= 11 is 0. The van der Waals surface area contributed by atoms with E-state index in [9.17, 15) is 0 Å². The molecule has 1 aliphatic rings. The summed E-state index contributed by atoms with van der Waals surface area (Å²) < 4.78 is 9.16. The van der Waals surface area contributed by atoms with E-state index in [0.29, 0.717) is 0 Å². The molecule has 2 heteroatoms. The number of fused-ring (bicyclic) bond motifs is 7. The summed E-state index contributed by atoms with van der Waals surface area (Å²) in [5.41, 5.74) is 14.4. The van der Waals surface area contributed by atoms with Crippen molar-refractivity contribution in [1.82, 2.24) is 4.57 Å². The highest BCUT2D eigenvalue weighted by Crippen LogP contribution is 2.42. The SMILES string of the molecule is CC(C)(C)c1ccc2c(c1)c1cc(C(C)(C)C)ccc1n2-c1ccc2cc3c(cc2c1)Cc1ccc(-c2oc(-c4ccccc4)c4ccccc24)cc1C3. The molecule has 0 atom stereocenters. The van der Waals surface area contributed by atoms with Gasteiger partial charge in [0, 0.05) is 38.4 Å². The maximum atomic E-state index is 6.69. The number of aromatic nitrogens is 1. The summed E-state index contributed by atoms with van der Waals surface area (Å²) in [6.07, 6.45) is 1.85. The molecular formula is C52H45NO. The van der Waals surface area contributed by atoms with Crippen LogP contribution in [0.25, 0.3) is 71.7 Å². The lowest BCUT2D eigenvalue weighted by molar-refractivity contribution is 0.590. The molecule has 0 bridgehead atoms. The Morgan fingerprint density at radius 2 is 0.981 bits per heavy atom. The van der Waals surface area contributed by atoms with Crippen molar-refractivity contribution in [3.63, 3.8) is 0 Å². The highest BCUT2D eigenvalue weighted by molar-refractivity contribution is 6.10. The second-order valence-corrected chi connectivity index (χ2v) is 17.5. The van der Waals surface area contributed by atoms with Gasteiger partial charge in [-0.3, -0.25) is 0 Å². The molecule has 2 aromatic heterocycles. The Hall–Kier alpha value is -5.86. The van der Waals surface area contributed by atoms with Gasteiger partial charge >= 0.3 is 0 Å². The maximum Gasteiger partial charge on any atom is 0.142 e. The second-order valence-electron chi connectivity index (χ2n) is 17.5. The number of nitrogens with zero attached hydrogens (tertiary/aromatic N) is 1. The highest BCUT2D eigenvalue weighted by Gasteiger charge is 2.23. The fourth-order valence-electron chi connectivity index (χ4n) is 8.71. The summed E-state index contributed by atoms with van der Waals surface area (Å²) in [6, 6.07) is 52.0. The monoisotopic (exact) mass is 699 g/mol. The first-order valence-electron chi connectivity index (χ1n) is 19.3. The van der Waals surface area contributed by atoms with E-state index >= 15 is 0 Å². The molecular weight excluding hydrogens is 655 g/mol. The van der Waals surface area contributed by atoms with Crippen molar-refractivity contribution < 1.29 is 4.42 Å². The largest absolute Gasteiger partial charge is 0.455 e. The fraction of sp³-hybridized carbons (Fsp3) is 0.192. The molecule has 0 amide bonds. The quantitative estimate of drug-likeness (QED) is 0.180. The molecule has 0 N–H and O–H groups in total. The molecule has 0 spiro atoms. The summed E-state index contributed by atoms with van der Waals surface area (Å²) in [4.78, 5) is 0. The molecule has 2 nitrogen and oxygen atoms in total. The van der Waals surface area contributed by atoms with E-state index in [2.05, 4.69) is 186 Å². The van der Waals surface area contributed by atoms with Crippen LogP contribution in [0.4, 0.5) is 0 Å². The molecule has 0 fully saturated rings. The first kappa shape index (κ1) is 32.8. The van der Waals surface area contributed by atoms with Gasteiger partial charge in [0.05, 0.1) is 11.0 Å². The lowest BCUT2D eigenvalue weighted by atomic mass is 9.83. The van der Waals surface area contributed by atoms with E-state index in [1.54, 1.807) is 0 Å². The van der Waals surface area contributed by atoms with Gasteiger partial charge in [-0.1, -0.05) is 139 Å². The van der Waals surface area contributed by atoms with Crippen molar-refractivity contribution in [2.24, 2.45) is 0 Å². The summed E-state index contributed by atoms with van der Waals surface area (Å²) in [6.45, 7) is 13.8. The third kappa shape index (κ3) is 5.30. The Bertz CT molecular complexity index is 2870. The Morgan fingerprint density at radius 1 is 0.426 bits per heavy atom. The molecule has 10 rings (SSSR count). The van der Waals surface area contributed by atoms with E-state index in [4.69, 9.17) is 4.42 Å². The van der Waals surface area contributed by atoms with E-state index in [0.717, 1.165) is 46.3 Å². The fourth-order valence-corrected chi connectivity index (χ4v) is 8.71. The van der Waals surface area contributed by atoms with Crippen LogP contribution in [0, 0.1) is 0 Å². The van der Waals surface area contributed by atoms with E-state index in [1.165, 1.54) is 71.6 Å². The molecule has 0 saturated carbocycles. The van der Waals surface area contributed by atoms with Gasteiger partial charge < -0.3 is 8.98 Å². The van der Waals surface area contributed by atoms with Crippen molar-refractivity contribution >= 4 is 43.4 Å². The lowest BCUT2D eigenvalue weighted by Gasteiger charge is -2.21. The molecule has 0 saturated heterocycles. The van der Waals surface area contributed by atoms with Crippen LogP contribution in [-0.4, -0.2) is 4.57 Å². The summed E-state index contributed by atoms with van der Waals surface area (Å²) in [5, 5.41) is 7.52.